The van der Waals surface area contributed by atoms with Crippen molar-refractivity contribution in [1.82, 2.24) is 0 Å². The maximum atomic E-state index is 11.6. The lowest BCUT2D eigenvalue weighted by Crippen LogP contribution is -2.05. The SMILES string of the molecule is CCc1c2c(cc(Cl)c1C(C)=O)OCCCO2. The van der Waals surface area contributed by atoms with Crippen LogP contribution < -0.4 is 9.47 Å². The summed E-state index contributed by atoms with van der Waals surface area (Å²) < 4.78 is 11.3. The van der Waals surface area contributed by atoms with Crippen LogP contribution in [0.25, 0.3) is 0 Å². The molecule has 0 fully saturated rings. The highest BCUT2D eigenvalue weighted by Gasteiger charge is 2.22. The highest BCUT2D eigenvalue weighted by molar-refractivity contribution is 6.34. The molecule has 0 spiro atoms. The average molecular weight is 255 g/mol. The smallest absolute Gasteiger partial charge is 0.165 e. The molecule has 0 atom stereocenters. The quantitative estimate of drug-likeness (QED) is 0.760. The summed E-state index contributed by atoms with van der Waals surface area (Å²) in [4.78, 5) is 11.6. The fourth-order valence-electron chi connectivity index (χ4n) is 2.06. The Morgan fingerprint density at radius 1 is 1.41 bits per heavy atom. The number of benzene rings is 1. The lowest BCUT2D eigenvalue weighted by Gasteiger charge is -2.15. The van der Waals surface area contributed by atoms with Gasteiger partial charge in [0, 0.05) is 23.6 Å². The average Bonchev–Trinajstić information content (AvgIpc) is 2.51. The summed E-state index contributed by atoms with van der Waals surface area (Å²) in [6, 6.07) is 1.68. The molecule has 3 nitrogen and oxygen atoms in total. The molecule has 1 aliphatic rings. The Hall–Kier alpha value is -1.22. The van der Waals surface area contributed by atoms with Gasteiger partial charge in [-0.2, -0.15) is 0 Å². The molecule has 4 heteroatoms. The number of carbonyl (C=O) groups excluding carboxylic acids is 1. The van der Waals surface area contributed by atoms with E-state index in [1.165, 1.54) is 6.92 Å². The summed E-state index contributed by atoms with van der Waals surface area (Å²) in [6.45, 7) is 4.72. The van der Waals surface area contributed by atoms with Crippen LogP contribution in [0.5, 0.6) is 11.5 Å². The summed E-state index contributed by atoms with van der Waals surface area (Å²) >= 11 is 6.14. The summed E-state index contributed by atoms with van der Waals surface area (Å²) in [5.74, 6) is 1.29. The molecule has 0 saturated heterocycles. The molecular formula is C13H15ClO3. The highest BCUT2D eigenvalue weighted by Crippen LogP contribution is 2.40. The molecule has 0 radical (unpaired) electrons. The van der Waals surface area contributed by atoms with Crippen molar-refractivity contribution < 1.29 is 14.3 Å². The third-order valence-corrected chi connectivity index (χ3v) is 3.09. The first kappa shape index (κ1) is 12.2. The molecule has 1 heterocycles. The van der Waals surface area contributed by atoms with Crippen molar-refractivity contribution in [1.29, 1.82) is 0 Å². The van der Waals surface area contributed by atoms with Gasteiger partial charge in [0.05, 0.1) is 18.2 Å². The molecule has 1 aliphatic heterocycles. The van der Waals surface area contributed by atoms with E-state index in [1.807, 2.05) is 6.92 Å². The van der Waals surface area contributed by atoms with Crippen molar-refractivity contribution >= 4 is 17.4 Å². The number of Topliss-reactive ketones (excluding diaryl/α,β-unsaturated/α-hetero) is 1. The first-order valence-electron chi connectivity index (χ1n) is 5.77. The number of carbonyl (C=O) groups is 1. The predicted octanol–water partition coefficient (Wildman–Crippen LogP) is 3.27. The van der Waals surface area contributed by atoms with E-state index in [0.717, 1.165) is 12.0 Å². The van der Waals surface area contributed by atoms with Gasteiger partial charge in [0.15, 0.2) is 17.3 Å². The van der Waals surface area contributed by atoms with Crippen molar-refractivity contribution in [2.24, 2.45) is 0 Å². The minimum atomic E-state index is -0.0394. The Morgan fingerprint density at radius 3 is 2.76 bits per heavy atom. The molecule has 17 heavy (non-hydrogen) atoms. The molecule has 0 bridgehead atoms. The second-order valence-corrected chi connectivity index (χ2v) is 4.41. The van der Waals surface area contributed by atoms with Gasteiger partial charge in [-0.15, -0.1) is 0 Å². The van der Waals surface area contributed by atoms with Gasteiger partial charge in [0.25, 0.3) is 0 Å². The molecule has 0 N–H and O–H groups in total. The van der Waals surface area contributed by atoms with Gasteiger partial charge in [-0.25, -0.2) is 0 Å². The van der Waals surface area contributed by atoms with Crippen molar-refractivity contribution in [2.45, 2.75) is 26.7 Å². The molecule has 2 rings (SSSR count). The summed E-state index contributed by atoms with van der Waals surface area (Å²) in [5.41, 5.74) is 1.40. The van der Waals surface area contributed by atoms with Crippen LogP contribution in [0, 0.1) is 0 Å². The minimum Gasteiger partial charge on any atom is -0.489 e. The first-order chi connectivity index (χ1) is 8.15. The first-order valence-corrected chi connectivity index (χ1v) is 6.14. The van der Waals surface area contributed by atoms with Gasteiger partial charge in [-0.3, -0.25) is 4.79 Å². The Balaban J connectivity index is 2.64. The van der Waals surface area contributed by atoms with E-state index < -0.39 is 0 Å². The largest absolute Gasteiger partial charge is 0.489 e. The lowest BCUT2D eigenvalue weighted by atomic mass is 10.0. The molecule has 0 aliphatic carbocycles. The topological polar surface area (TPSA) is 35.5 Å². The van der Waals surface area contributed by atoms with Crippen molar-refractivity contribution in [3.8, 4) is 11.5 Å². The second kappa shape index (κ2) is 4.96. The van der Waals surface area contributed by atoms with Crippen LogP contribution in [0.2, 0.25) is 5.02 Å². The number of hydrogen-bond acceptors (Lipinski definition) is 3. The fourth-order valence-corrected chi connectivity index (χ4v) is 2.40. The molecule has 0 amide bonds. The Morgan fingerprint density at radius 2 is 2.12 bits per heavy atom. The zero-order valence-corrected chi connectivity index (χ0v) is 10.8. The number of halogens is 1. The summed E-state index contributed by atoms with van der Waals surface area (Å²) in [6.07, 6.45) is 1.53. The molecule has 1 aromatic carbocycles. The van der Waals surface area contributed by atoms with Crippen molar-refractivity contribution in [2.75, 3.05) is 13.2 Å². The van der Waals surface area contributed by atoms with E-state index >= 15 is 0 Å². The third kappa shape index (κ3) is 2.25. The maximum absolute atomic E-state index is 11.6. The third-order valence-electron chi connectivity index (χ3n) is 2.79. The van der Waals surface area contributed by atoms with E-state index in [4.69, 9.17) is 21.1 Å². The number of fused-ring (bicyclic) bond motifs is 1. The zero-order valence-electron chi connectivity index (χ0n) is 10.0. The standard InChI is InChI=1S/C13H15ClO3/c1-3-9-12(8(2)15)10(14)7-11-13(9)17-6-4-5-16-11/h7H,3-6H2,1-2H3. The normalized spacial score (nSPS) is 14.3. The van der Waals surface area contributed by atoms with Gasteiger partial charge < -0.3 is 9.47 Å². The van der Waals surface area contributed by atoms with Crippen LogP contribution in [-0.2, 0) is 6.42 Å². The Bertz CT molecular complexity index is 454. The van der Waals surface area contributed by atoms with Gasteiger partial charge in [0.1, 0.15) is 0 Å². The van der Waals surface area contributed by atoms with Crippen LogP contribution >= 0.6 is 11.6 Å². The van der Waals surface area contributed by atoms with E-state index in [2.05, 4.69) is 0 Å². The van der Waals surface area contributed by atoms with E-state index in [1.54, 1.807) is 6.07 Å². The summed E-state index contributed by atoms with van der Waals surface area (Å²) in [7, 11) is 0. The van der Waals surface area contributed by atoms with Gasteiger partial charge in [-0.05, 0) is 13.3 Å². The Labute approximate surface area is 106 Å². The monoisotopic (exact) mass is 254 g/mol. The van der Waals surface area contributed by atoms with E-state index in [0.29, 0.717) is 41.7 Å². The molecule has 0 saturated carbocycles. The lowest BCUT2D eigenvalue weighted by molar-refractivity contribution is 0.101. The number of ketones is 1. The minimum absolute atomic E-state index is 0.0394. The van der Waals surface area contributed by atoms with Crippen LogP contribution in [0.4, 0.5) is 0 Å². The zero-order chi connectivity index (χ0) is 12.4. The maximum Gasteiger partial charge on any atom is 0.165 e. The predicted molar refractivity (Wildman–Crippen MR) is 66.4 cm³/mol. The number of rotatable bonds is 2. The van der Waals surface area contributed by atoms with Gasteiger partial charge >= 0.3 is 0 Å². The fraction of sp³-hybridized carbons (Fsp3) is 0.462. The Kier molecular flexibility index (Phi) is 3.57. The molecular weight excluding hydrogens is 240 g/mol. The van der Waals surface area contributed by atoms with Crippen LogP contribution in [-0.4, -0.2) is 19.0 Å². The number of hydrogen-bond donors (Lipinski definition) is 0. The summed E-state index contributed by atoms with van der Waals surface area (Å²) in [5, 5.41) is 0.443. The second-order valence-electron chi connectivity index (χ2n) is 4.00. The molecule has 92 valence electrons. The highest BCUT2D eigenvalue weighted by atomic mass is 35.5. The van der Waals surface area contributed by atoms with Crippen LogP contribution in [0.3, 0.4) is 0 Å². The molecule has 0 aromatic heterocycles. The van der Waals surface area contributed by atoms with E-state index in [-0.39, 0.29) is 5.78 Å². The van der Waals surface area contributed by atoms with Gasteiger partial charge in [0.2, 0.25) is 0 Å². The van der Waals surface area contributed by atoms with Crippen molar-refractivity contribution in [3.05, 3.63) is 22.2 Å². The number of ether oxygens (including phenoxy) is 2. The molecule has 1 aromatic rings. The van der Waals surface area contributed by atoms with Crippen LogP contribution in [0.15, 0.2) is 6.07 Å². The van der Waals surface area contributed by atoms with E-state index in [9.17, 15) is 4.79 Å². The van der Waals surface area contributed by atoms with Crippen LogP contribution in [0.1, 0.15) is 36.2 Å². The van der Waals surface area contributed by atoms with Gasteiger partial charge in [-0.1, -0.05) is 18.5 Å². The van der Waals surface area contributed by atoms with Crippen molar-refractivity contribution in [3.63, 3.8) is 0 Å². The molecule has 0 unspecified atom stereocenters.